The first kappa shape index (κ1) is 18.9. The molecule has 0 aromatic heterocycles. The van der Waals surface area contributed by atoms with E-state index in [2.05, 4.69) is 62.6 Å². The summed E-state index contributed by atoms with van der Waals surface area (Å²) < 4.78 is 0. The van der Waals surface area contributed by atoms with Gasteiger partial charge in [-0.1, -0.05) is 52.0 Å². The Morgan fingerprint density at radius 1 is 1.15 bits per heavy atom. The number of nitrogens with one attached hydrogen (secondary N) is 2. The summed E-state index contributed by atoms with van der Waals surface area (Å²) in [5.74, 6) is 0.993. The largest absolute Gasteiger partial charge is 0.342 e. The van der Waals surface area contributed by atoms with Crippen LogP contribution in [0.1, 0.15) is 57.6 Å². The van der Waals surface area contributed by atoms with E-state index in [1.165, 1.54) is 11.1 Å². The van der Waals surface area contributed by atoms with E-state index in [4.69, 9.17) is 0 Å². The third kappa shape index (κ3) is 4.09. The molecule has 0 saturated carbocycles. The normalized spacial score (nSPS) is 25.8. The average molecular weight is 357 g/mol. The van der Waals surface area contributed by atoms with Crippen LogP contribution in [0.5, 0.6) is 0 Å². The van der Waals surface area contributed by atoms with Crippen LogP contribution in [0.2, 0.25) is 0 Å². The molecule has 142 valence electrons. The summed E-state index contributed by atoms with van der Waals surface area (Å²) in [7, 11) is 0. The second-order valence-electron chi connectivity index (χ2n) is 8.41. The lowest BCUT2D eigenvalue weighted by molar-refractivity contribution is -0.147. The predicted molar refractivity (Wildman–Crippen MR) is 103 cm³/mol. The highest BCUT2D eigenvalue weighted by Crippen LogP contribution is 2.25. The summed E-state index contributed by atoms with van der Waals surface area (Å²) in [6, 6.07) is 8.15. The van der Waals surface area contributed by atoms with Crippen LogP contribution in [0.25, 0.3) is 0 Å². The van der Waals surface area contributed by atoms with Gasteiger partial charge in [-0.2, -0.15) is 0 Å². The van der Waals surface area contributed by atoms with Crippen LogP contribution in [-0.2, 0) is 16.1 Å². The smallest absolute Gasteiger partial charge is 0.245 e. The van der Waals surface area contributed by atoms with Crippen LogP contribution in [-0.4, -0.2) is 41.4 Å². The number of benzene rings is 1. The van der Waals surface area contributed by atoms with Gasteiger partial charge in [0.15, 0.2) is 0 Å². The first-order chi connectivity index (χ1) is 12.3. The third-order valence-electron chi connectivity index (χ3n) is 5.45. The van der Waals surface area contributed by atoms with Gasteiger partial charge in [0.1, 0.15) is 12.1 Å². The van der Waals surface area contributed by atoms with Gasteiger partial charge in [-0.3, -0.25) is 9.59 Å². The minimum atomic E-state index is -0.360. The Balaban J connectivity index is 1.57. The number of fused-ring (bicyclic) bond motifs is 1. The molecule has 26 heavy (non-hydrogen) atoms. The molecule has 2 amide bonds. The number of carbonyl (C=O) groups excluding carboxylic acids is 2. The fraction of sp³-hybridized carbons (Fsp3) is 0.619. The molecular weight excluding hydrogens is 326 g/mol. The highest BCUT2D eigenvalue weighted by atomic mass is 16.2. The first-order valence-electron chi connectivity index (χ1n) is 9.78. The summed E-state index contributed by atoms with van der Waals surface area (Å²) >= 11 is 0. The Bertz CT molecular complexity index is 654. The van der Waals surface area contributed by atoms with Crippen molar-refractivity contribution in [1.82, 2.24) is 15.5 Å². The molecule has 5 heteroatoms. The lowest BCUT2D eigenvalue weighted by Gasteiger charge is -2.35. The van der Waals surface area contributed by atoms with Crippen molar-refractivity contribution in [2.75, 3.05) is 6.54 Å². The number of hydrogen-bond acceptors (Lipinski definition) is 3. The first-order valence-corrected chi connectivity index (χ1v) is 9.78. The van der Waals surface area contributed by atoms with Gasteiger partial charge in [-0.05, 0) is 35.8 Å². The lowest BCUT2D eigenvalue weighted by atomic mass is 9.99. The topological polar surface area (TPSA) is 61.4 Å². The van der Waals surface area contributed by atoms with Crippen LogP contribution in [0.4, 0.5) is 0 Å². The van der Waals surface area contributed by atoms with E-state index in [0.29, 0.717) is 31.2 Å². The zero-order chi connectivity index (χ0) is 18.8. The molecule has 5 nitrogen and oxygen atoms in total. The van der Waals surface area contributed by atoms with E-state index in [1.807, 2.05) is 0 Å². The molecule has 3 rings (SSSR count). The summed E-state index contributed by atoms with van der Waals surface area (Å²) in [6.45, 7) is 9.91. The average Bonchev–Trinajstić information content (AvgIpc) is 3.03. The van der Waals surface area contributed by atoms with Gasteiger partial charge >= 0.3 is 0 Å². The molecule has 1 aromatic carbocycles. The fourth-order valence-electron chi connectivity index (χ4n) is 3.92. The molecule has 2 aliphatic rings. The van der Waals surface area contributed by atoms with E-state index < -0.39 is 0 Å². The van der Waals surface area contributed by atoms with Gasteiger partial charge in [-0.25, -0.2) is 0 Å². The van der Waals surface area contributed by atoms with E-state index in [0.717, 1.165) is 6.54 Å². The van der Waals surface area contributed by atoms with Gasteiger partial charge in [0, 0.05) is 19.1 Å². The van der Waals surface area contributed by atoms with Gasteiger partial charge in [0.25, 0.3) is 0 Å². The number of nitrogens with zero attached hydrogens (tertiary/aromatic N) is 1. The number of carbonyl (C=O) groups is 2. The number of hydrogen-bond donors (Lipinski definition) is 2. The molecule has 3 atom stereocenters. The minimum absolute atomic E-state index is 0.000774. The monoisotopic (exact) mass is 357 g/mol. The van der Waals surface area contributed by atoms with Crippen LogP contribution in [0, 0.1) is 5.92 Å². The molecule has 0 aliphatic carbocycles. The van der Waals surface area contributed by atoms with Gasteiger partial charge in [0.2, 0.25) is 11.8 Å². The zero-order valence-corrected chi connectivity index (χ0v) is 16.3. The van der Waals surface area contributed by atoms with Crippen molar-refractivity contribution < 1.29 is 9.59 Å². The summed E-state index contributed by atoms with van der Waals surface area (Å²) in [5, 5.41) is 6.45. The van der Waals surface area contributed by atoms with E-state index in [9.17, 15) is 9.59 Å². The minimum Gasteiger partial charge on any atom is -0.342 e. The summed E-state index contributed by atoms with van der Waals surface area (Å²) in [6.07, 6.45) is 1.39. The Morgan fingerprint density at radius 3 is 2.46 bits per heavy atom. The van der Waals surface area contributed by atoms with Crippen molar-refractivity contribution in [2.24, 2.45) is 5.92 Å². The molecule has 1 aromatic rings. The maximum absolute atomic E-state index is 12.7. The van der Waals surface area contributed by atoms with E-state index in [-0.39, 0.29) is 29.9 Å². The highest BCUT2D eigenvalue weighted by molar-refractivity contribution is 5.97. The SMILES string of the molecule is CC(C)C[C@@H]1NC(=O)[C@@H]2C[C@H](NCc3ccc(C(C)C)cc3)CN2C1=O. The fourth-order valence-corrected chi connectivity index (χ4v) is 3.92. The van der Waals surface area contributed by atoms with Crippen LogP contribution >= 0.6 is 0 Å². The maximum Gasteiger partial charge on any atom is 0.245 e. The van der Waals surface area contributed by atoms with Crippen molar-refractivity contribution in [1.29, 1.82) is 0 Å². The molecule has 2 fully saturated rings. The van der Waals surface area contributed by atoms with Crippen molar-refractivity contribution in [3.63, 3.8) is 0 Å². The highest BCUT2D eigenvalue weighted by Gasteiger charge is 2.46. The van der Waals surface area contributed by atoms with Crippen molar-refractivity contribution >= 4 is 11.8 Å². The van der Waals surface area contributed by atoms with Crippen LogP contribution in [0.3, 0.4) is 0 Å². The van der Waals surface area contributed by atoms with E-state index in [1.54, 1.807) is 4.90 Å². The molecule has 2 heterocycles. The van der Waals surface area contributed by atoms with Crippen LogP contribution < -0.4 is 10.6 Å². The molecular formula is C21H31N3O2. The van der Waals surface area contributed by atoms with Crippen molar-refractivity contribution in [3.8, 4) is 0 Å². The lowest BCUT2D eigenvalue weighted by Crippen LogP contribution is -2.61. The number of piperazine rings is 1. The zero-order valence-electron chi connectivity index (χ0n) is 16.3. The number of rotatable bonds is 6. The Hall–Kier alpha value is -1.88. The molecule has 0 spiro atoms. The van der Waals surface area contributed by atoms with Crippen LogP contribution in [0.15, 0.2) is 24.3 Å². The van der Waals surface area contributed by atoms with Gasteiger partial charge in [-0.15, -0.1) is 0 Å². The molecule has 2 saturated heterocycles. The Morgan fingerprint density at radius 2 is 1.85 bits per heavy atom. The van der Waals surface area contributed by atoms with Crippen molar-refractivity contribution in [3.05, 3.63) is 35.4 Å². The Kier molecular flexibility index (Phi) is 5.66. The maximum atomic E-state index is 12.7. The second-order valence-corrected chi connectivity index (χ2v) is 8.41. The van der Waals surface area contributed by atoms with Gasteiger partial charge in [0.05, 0.1) is 0 Å². The van der Waals surface area contributed by atoms with E-state index >= 15 is 0 Å². The standard InChI is InChI=1S/C21H31N3O2/c1-13(2)9-18-21(26)24-12-17(10-19(24)20(25)23-18)22-11-15-5-7-16(8-6-15)14(3)4/h5-8,13-14,17-19,22H,9-12H2,1-4H3,(H,23,25)/t17-,18-,19-/m0/s1. The molecule has 2 aliphatic heterocycles. The molecule has 0 radical (unpaired) electrons. The Labute approximate surface area is 156 Å². The molecule has 0 unspecified atom stereocenters. The molecule has 0 bridgehead atoms. The predicted octanol–water partition coefficient (Wildman–Crippen LogP) is 2.41. The second kappa shape index (κ2) is 7.78. The molecule has 2 N–H and O–H groups in total. The summed E-state index contributed by atoms with van der Waals surface area (Å²) in [4.78, 5) is 26.9. The number of amides is 2. The third-order valence-corrected chi connectivity index (χ3v) is 5.45. The summed E-state index contributed by atoms with van der Waals surface area (Å²) in [5.41, 5.74) is 2.57. The van der Waals surface area contributed by atoms with Crippen molar-refractivity contribution in [2.45, 2.75) is 71.1 Å². The van der Waals surface area contributed by atoms with Gasteiger partial charge < -0.3 is 15.5 Å². The quantitative estimate of drug-likeness (QED) is 0.822.